The summed E-state index contributed by atoms with van der Waals surface area (Å²) in [5.74, 6) is -0.252. The van der Waals surface area contributed by atoms with Crippen molar-refractivity contribution >= 4 is 12.0 Å². The second kappa shape index (κ2) is 5.16. The Balaban J connectivity index is 2.04. The Bertz CT molecular complexity index is 339. The van der Waals surface area contributed by atoms with E-state index in [9.17, 15) is 9.59 Å². The second-order valence-electron chi connectivity index (χ2n) is 5.66. The molecule has 1 saturated heterocycles. The number of urea groups is 1. The van der Waals surface area contributed by atoms with Crippen molar-refractivity contribution in [2.75, 3.05) is 13.1 Å². The lowest BCUT2D eigenvalue weighted by Crippen LogP contribution is -2.50. The summed E-state index contributed by atoms with van der Waals surface area (Å²) in [6.45, 7) is 5.33. The van der Waals surface area contributed by atoms with E-state index in [1.165, 1.54) is 17.7 Å². The van der Waals surface area contributed by atoms with E-state index in [4.69, 9.17) is 5.11 Å². The minimum Gasteiger partial charge on any atom is -0.480 e. The number of likely N-dealkylation sites (tertiary alicyclic amines) is 1. The fraction of sp³-hybridized carbons (Fsp3) is 0.846. The molecule has 0 spiro atoms. The molecule has 102 valence electrons. The van der Waals surface area contributed by atoms with Crippen LogP contribution in [0.15, 0.2) is 0 Å². The number of hydrogen-bond acceptors (Lipinski definition) is 2. The standard InChI is InChI=1S/C13H22N2O3/c1-9(2)15(8-10-5-6-10)13(18)14-7-3-4-11(14)12(16)17/h9-11H,3-8H2,1-2H3,(H,16,17)/t11-/m0/s1. The molecule has 0 unspecified atom stereocenters. The van der Waals surface area contributed by atoms with Gasteiger partial charge in [0.2, 0.25) is 0 Å². The Morgan fingerprint density at radius 3 is 2.50 bits per heavy atom. The zero-order valence-corrected chi connectivity index (χ0v) is 11.1. The van der Waals surface area contributed by atoms with Crippen LogP contribution in [0.2, 0.25) is 0 Å². The van der Waals surface area contributed by atoms with Crippen molar-refractivity contribution in [1.82, 2.24) is 9.80 Å². The summed E-state index contributed by atoms with van der Waals surface area (Å²) in [6.07, 6.45) is 3.76. The van der Waals surface area contributed by atoms with Gasteiger partial charge in [0, 0.05) is 19.1 Å². The van der Waals surface area contributed by atoms with Crippen LogP contribution in [0.4, 0.5) is 4.79 Å². The highest BCUT2D eigenvalue weighted by molar-refractivity contribution is 5.83. The molecule has 0 aromatic heterocycles. The Hall–Kier alpha value is -1.26. The number of carboxylic acid groups (broad SMARTS) is 1. The van der Waals surface area contributed by atoms with Crippen LogP contribution < -0.4 is 0 Å². The first-order chi connectivity index (χ1) is 8.50. The maximum absolute atomic E-state index is 12.5. The van der Waals surface area contributed by atoms with Crippen molar-refractivity contribution < 1.29 is 14.7 Å². The van der Waals surface area contributed by atoms with Gasteiger partial charge >= 0.3 is 12.0 Å². The zero-order valence-electron chi connectivity index (χ0n) is 11.1. The van der Waals surface area contributed by atoms with E-state index in [0.717, 1.165) is 13.0 Å². The molecule has 0 radical (unpaired) electrons. The van der Waals surface area contributed by atoms with Gasteiger partial charge in [-0.2, -0.15) is 0 Å². The molecule has 5 nitrogen and oxygen atoms in total. The van der Waals surface area contributed by atoms with E-state index in [0.29, 0.717) is 18.9 Å². The lowest BCUT2D eigenvalue weighted by molar-refractivity contribution is -0.141. The van der Waals surface area contributed by atoms with Crippen molar-refractivity contribution in [2.45, 2.75) is 51.6 Å². The third kappa shape index (κ3) is 2.76. The van der Waals surface area contributed by atoms with Gasteiger partial charge in [0.25, 0.3) is 0 Å². The minimum atomic E-state index is -0.879. The van der Waals surface area contributed by atoms with Gasteiger partial charge < -0.3 is 14.9 Å². The third-order valence-electron chi connectivity index (χ3n) is 3.80. The second-order valence-corrected chi connectivity index (χ2v) is 5.66. The average Bonchev–Trinajstić information content (AvgIpc) is 2.97. The Morgan fingerprint density at radius 1 is 1.33 bits per heavy atom. The molecule has 18 heavy (non-hydrogen) atoms. The molecule has 0 aromatic carbocycles. The van der Waals surface area contributed by atoms with Gasteiger partial charge in [0.1, 0.15) is 6.04 Å². The summed E-state index contributed by atoms with van der Waals surface area (Å²) < 4.78 is 0. The molecule has 1 aliphatic heterocycles. The maximum Gasteiger partial charge on any atom is 0.326 e. The van der Waals surface area contributed by atoms with Crippen molar-refractivity contribution in [3.8, 4) is 0 Å². The molecule has 2 fully saturated rings. The Labute approximate surface area is 108 Å². The molecule has 2 aliphatic rings. The zero-order chi connectivity index (χ0) is 13.3. The Morgan fingerprint density at radius 2 is 2.00 bits per heavy atom. The molecule has 2 rings (SSSR count). The predicted molar refractivity (Wildman–Crippen MR) is 67.3 cm³/mol. The lowest BCUT2D eigenvalue weighted by atomic mass is 10.2. The van der Waals surface area contributed by atoms with Crippen LogP contribution in [-0.2, 0) is 4.79 Å². The van der Waals surface area contributed by atoms with Crippen molar-refractivity contribution in [3.63, 3.8) is 0 Å². The maximum atomic E-state index is 12.5. The van der Waals surface area contributed by atoms with Crippen LogP contribution in [0.25, 0.3) is 0 Å². The fourth-order valence-corrected chi connectivity index (χ4v) is 2.51. The first-order valence-electron chi connectivity index (χ1n) is 6.80. The molecule has 1 aliphatic carbocycles. The van der Waals surface area contributed by atoms with Crippen molar-refractivity contribution in [1.29, 1.82) is 0 Å². The van der Waals surface area contributed by atoms with Crippen LogP contribution in [0.3, 0.4) is 0 Å². The monoisotopic (exact) mass is 254 g/mol. The summed E-state index contributed by atoms with van der Waals surface area (Å²) in [7, 11) is 0. The molecular formula is C13H22N2O3. The summed E-state index contributed by atoms with van der Waals surface area (Å²) in [4.78, 5) is 26.9. The largest absolute Gasteiger partial charge is 0.480 e. The van der Waals surface area contributed by atoms with E-state index in [1.54, 1.807) is 0 Å². The quantitative estimate of drug-likeness (QED) is 0.831. The number of carbonyl (C=O) groups excluding carboxylic acids is 1. The highest BCUT2D eigenvalue weighted by atomic mass is 16.4. The molecule has 1 atom stereocenters. The predicted octanol–water partition coefficient (Wildman–Crippen LogP) is 1.78. The molecule has 5 heteroatoms. The van der Waals surface area contributed by atoms with E-state index in [-0.39, 0.29) is 12.1 Å². The number of amides is 2. The number of rotatable bonds is 4. The number of hydrogen-bond donors (Lipinski definition) is 1. The normalized spacial score (nSPS) is 23.5. The van der Waals surface area contributed by atoms with E-state index >= 15 is 0 Å². The van der Waals surface area contributed by atoms with Gasteiger partial charge in [-0.25, -0.2) is 9.59 Å². The van der Waals surface area contributed by atoms with Crippen LogP contribution in [0.5, 0.6) is 0 Å². The highest BCUT2D eigenvalue weighted by Crippen LogP contribution is 2.31. The van der Waals surface area contributed by atoms with Crippen molar-refractivity contribution in [2.24, 2.45) is 5.92 Å². The third-order valence-corrected chi connectivity index (χ3v) is 3.80. The summed E-state index contributed by atoms with van der Waals surface area (Å²) in [6, 6.07) is -0.590. The van der Waals surface area contributed by atoms with Gasteiger partial charge in [-0.15, -0.1) is 0 Å². The molecule has 0 bridgehead atoms. The SMILES string of the molecule is CC(C)N(CC1CC1)C(=O)N1CCC[C@H]1C(=O)O. The average molecular weight is 254 g/mol. The van der Waals surface area contributed by atoms with Crippen LogP contribution >= 0.6 is 0 Å². The molecular weight excluding hydrogens is 232 g/mol. The lowest BCUT2D eigenvalue weighted by Gasteiger charge is -2.33. The number of aliphatic carboxylic acids is 1. The molecule has 2 amide bonds. The fourth-order valence-electron chi connectivity index (χ4n) is 2.51. The van der Waals surface area contributed by atoms with Crippen LogP contribution in [-0.4, -0.2) is 52.1 Å². The van der Waals surface area contributed by atoms with Gasteiger partial charge in [0.05, 0.1) is 0 Å². The number of nitrogens with zero attached hydrogens (tertiary/aromatic N) is 2. The topological polar surface area (TPSA) is 60.9 Å². The Kier molecular flexibility index (Phi) is 3.78. The highest BCUT2D eigenvalue weighted by Gasteiger charge is 2.38. The molecule has 1 N–H and O–H groups in total. The molecule has 1 heterocycles. The van der Waals surface area contributed by atoms with E-state index in [1.807, 2.05) is 18.7 Å². The van der Waals surface area contributed by atoms with Gasteiger partial charge in [0.15, 0.2) is 0 Å². The number of carboxylic acids is 1. The van der Waals surface area contributed by atoms with Crippen molar-refractivity contribution in [3.05, 3.63) is 0 Å². The molecule has 0 aromatic rings. The first-order valence-corrected chi connectivity index (χ1v) is 6.80. The molecule has 1 saturated carbocycles. The summed E-state index contributed by atoms with van der Waals surface area (Å²) in [5.41, 5.74) is 0. The van der Waals surface area contributed by atoms with Crippen LogP contribution in [0.1, 0.15) is 39.5 Å². The summed E-state index contributed by atoms with van der Waals surface area (Å²) >= 11 is 0. The van der Waals surface area contributed by atoms with E-state index < -0.39 is 12.0 Å². The number of carbonyl (C=O) groups is 2. The van der Waals surface area contributed by atoms with E-state index in [2.05, 4.69) is 0 Å². The van der Waals surface area contributed by atoms with Gasteiger partial charge in [-0.3, -0.25) is 0 Å². The van der Waals surface area contributed by atoms with Gasteiger partial charge in [-0.1, -0.05) is 0 Å². The smallest absolute Gasteiger partial charge is 0.326 e. The van der Waals surface area contributed by atoms with Crippen LogP contribution in [0, 0.1) is 5.92 Å². The van der Waals surface area contributed by atoms with Gasteiger partial charge in [-0.05, 0) is 45.4 Å². The summed E-state index contributed by atoms with van der Waals surface area (Å²) in [5, 5.41) is 9.13. The minimum absolute atomic E-state index is 0.0956. The first kappa shape index (κ1) is 13.2.